The van der Waals surface area contributed by atoms with E-state index in [1.165, 1.54) is 0 Å². The number of esters is 1. The molecule has 0 amide bonds. The number of carbonyl (C=O) groups excluding carboxylic acids is 1. The van der Waals surface area contributed by atoms with E-state index in [2.05, 4.69) is 25.3 Å². The monoisotopic (exact) mass is 367 g/mol. The first-order valence-corrected chi connectivity index (χ1v) is 9.44. The highest BCUT2D eigenvalue weighted by atomic mass is 16.6. The fourth-order valence-electron chi connectivity index (χ4n) is 3.07. The normalized spacial score (nSPS) is 11.4. The molecule has 0 atom stereocenters. The van der Waals surface area contributed by atoms with Crippen molar-refractivity contribution < 1.29 is 14.3 Å². The van der Waals surface area contributed by atoms with Crippen molar-refractivity contribution in [1.29, 1.82) is 0 Å². The van der Waals surface area contributed by atoms with Gasteiger partial charge in [-0.25, -0.2) is 4.79 Å². The summed E-state index contributed by atoms with van der Waals surface area (Å²) in [6.07, 6.45) is 1.64. The lowest BCUT2D eigenvalue weighted by Gasteiger charge is -2.32. The van der Waals surface area contributed by atoms with Crippen LogP contribution in [-0.4, -0.2) is 43.7 Å². The SMILES string of the molecule is C=CCOC(C(=O)OCCN(CC)CC)(c1ccccc1)c1ccccc1. The second kappa shape index (κ2) is 10.7. The largest absolute Gasteiger partial charge is 0.462 e. The van der Waals surface area contributed by atoms with E-state index in [4.69, 9.17) is 9.47 Å². The van der Waals surface area contributed by atoms with Gasteiger partial charge in [0.1, 0.15) is 6.61 Å². The Morgan fingerprint density at radius 3 is 1.96 bits per heavy atom. The van der Waals surface area contributed by atoms with E-state index < -0.39 is 11.6 Å². The molecule has 2 aromatic rings. The minimum Gasteiger partial charge on any atom is -0.462 e. The third kappa shape index (κ3) is 5.06. The number of hydrogen-bond donors (Lipinski definition) is 0. The summed E-state index contributed by atoms with van der Waals surface area (Å²) in [6.45, 7) is 11.0. The Kier molecular flexibility index (Phi) is 8.24. The summed E-state index contributed by atoms with van der Waals surface area (Å²) >= 11 is 0. The van der Waals surface area contributed by atoms with Crippen molar-refractivity contribution in [3.05, 3.63) is 84.4 Å². The maximum atomic E-state index is 13.3. The summed E-state index contributed by atoms with van der Waals surface area (Å²) < 4.78 is 11.8. The smallest absolute Gasteiger partial charge is 0.347 e. The number of likely N-dealkylation sites (N-methyl/N-ethyl adjacent to an activating group) is 1. The Balaban J connectivity index is 2.38. The lowest BCUT2D eigenvalue weighted by atomic mass is 9.86. The molecule has 0 heterocycles. The minimum absolute atomic E-state index is 0.231. The van der Waals surface area contributed by atoms with Crippen molar-refractivity contribution in [3.8, 4) is 0 Å². The van der Waals surface area contributed by atoms with Crippen LogP contribution >= 0.6 is 0 Å². The number of carbonyl (C=O) groups is 1. The van der Waals surface area contributed by atoms with Crippen LogP contribution in [0.3, 0.4) is 0 Å². The van der Waals surface area contributed by atoms with Crippen LogP contribution in [0.15, 0.2) is 73.3 Å². The highest BCUT2D eigenvalue weighted by molar-refractivity contribution is 5.86. The van der Waals surface area contributed by atoms with Crippen LogP contribution in [0.25, 0.3) is 0 Å². The first-order valence-electron chi connectivity index (χ1n) is 9.44. The van der Waals surface area contributed by atoms with Gasteiger partial charge in [0.25, 0.3) is 0 Å². The second-order valence-electron chi connectivity index (χ2n) is 6.18. The number of nitrogens with zero attached hydrogens (tertiary/aromatic N) is 1. The van der Waals surface area contributed by atoms with Gasteiger partial charge in [-0.3, -0.25) is 0 Å². The van der Waals surface area contributed by atoms with Gasteiger partial charge in [0.2, 0.25) is 5.60 Å². The molecule has 0 saturated heterocycles. The zero-order valence-corrected chi connectivity index (χ0v) is 16.3. The van der Waals surface area contributed by atoms with Crippen molar-refractivity contribution in [2.24, 2.45) is 0 Å². The number of ether oxygens (including phenoxy) is 2. The van der Waals surface area contributed by atoms with Crippen molar-refractivity contribution in [2.45, 2.75) is 19.4 Å². The highest BCUT2D eigenvalue weighted by Gasteiger charge is 2.44. The Morgan fingerprint density at radius 1 is 1.00 bits per heavy atom. The van der Waals surface area contributed by atoms with Crippen LogP contribution in [0.4, 0.5) is 0 Å². The molecule has 0 spiro atoms. The molecule has 0 aliphatic carbocycles. The first-order chi connectivity index (χ1) is 13.2. The molecular formula is C23H29NO3. The molecule has 2 aromatic carbocycles. The van der Waals surface area contributed by atoms with E-state index >= 15 is 0 Å². The predicted molar refractivity (Wildman–Crippen MR) is 109 cm³/mol. The molecule has 144 valence electrons. The molecular weight excluding hydrogens is 338 g/mol. The third-order valence-electron chi connectivity index (χ3n) is 4.60. The fraction of sp³-hybridized carbons (Fsp3) is 0.348. The van der Waals surface area contributed by atoms with Gasteiger partial charge in [0.05, 0.1) is 6.61 Å². The molecule has 0 radical (unpaired) electrons. The Bertz CT molecular complexity index is 657. The number of rotatable bonds is 11. The molecule has 0 aromatic heterocycles. The van der Waals surface area contributed by atoms with Gasteiger partial charge in [-0.2, -0.15) is 0 Å². The van der Waals surface area contributed by atoms with Gasteiger partial charge < -0.3 is 14.4 Å². The first kappa shape index (κ1) is 20.9. The zero-order chi connectivity index (χ0) is 19.5. The van der Waals surface area contributed by atoms with E-state index in [-0.39, 0.29) is 6.61 Å². The Hall–Kier alpha value is -2.43. The third-order valence-corrected chi connectivity index (χ3v) is 4.60. The topological polar surface area (TPSA) is 38.8 Å². The maximum absolute atomic E-state index is 13.3. The average Bonchev–Trinajstić information content (AvgIpc) is 2.73. The van der Waals surface area contributed by atoms with Crippen LogP contribution in [0.5, 0.6) is 0 Å². The van der Waals surface area contributed by atoms with E-state index in [9.17, 15) is 4.79 Å². The van der Waals surface area contributed by atoms with Gasteiger partial charge in [-0.05, 0) is 24.2 Å². The Morgan fingerprint density at radius 2 is 1.52 bits per heavy atom. The van der Waals surface area contributed by atoms with Gasteiger partial charge in [0.15, 0.2) is 0 Å². The molecule has 0 aliphatic heterocycles. The summed E-state index contributed by atoms with van der Waals surface area (Å²) in [4.78, 5) is 15.5. The van der Waals surface area contributed by atoms with Crippen molar-refractivity contribution in [3.63, 3.8) is 0 Å². The van der Waals surface area contributed by atoms with Crippen LogP contribution < -0.4 is 0 Å². The second-order valence-corrected chi connectivity index (χ2v) is 6.18. The van der Waals surface area contributed by atoms with Crippen LogP contribution in [0.2, 0.25) is 0 Å². The molecule has 2 rings (SSSR count). The maximum Gasteiger partial charge on any atom is 0.347 e. The van der Waals surface area contributed by atoms with Gasteiger partial charge in [-0.1, -0.05) is 80.6 Å². The lowest BCUT2D eigenvalue weighted by Crippen LogP contribution is -2.42. The average molecular weight is 367 g/mol. The summed E-state index contributed by atoms with van der Waals surface area (Å²) in [5.74, 6) is -0.408. The molecule has 0 fully saturated rings. The predicted octanol–water partition coefficient (Wildman–Crippen LogP) is 4.02. The van der Waals surface area contributed by atoms with Crippen molar-refractivity contribution in [2.75, 3.05) is 32.8 Å². The van der Waals surface area contributed by atoms with Gasteiger partial charge in [0, 0.05) is 6.54 Å². The van der Waals surface area contributed by atoms with Crippen LogP contribution in [0, 0.1) is 0 Å². The molecule has 0 bridgehead atoms. The van der Waals surface area contributed by atoms with Gasteiger partial charge in [-0.15, -0.1) is 6.58 Å². The fourth-order valence-corrected chi connectivity index (χ4v) is 3.07. The summed E-state index contributed by atoms with van der Waals surface area (Å²) in [5.41, 5.74) is 0.164. The van der Waals surface area contributed by atoms with E-state index in [0.29, 0.717) is 13.2 Å². The van der Waals surface area contributed by atoms with Gasteiger partial charge >= 0.3 is 5.97 Å². The number of benzene rings is 2. The molecule has 4 nitrogen and oxygen atoms in total. The van der Waals surface area contributed by atoms with Crippen LogP contribution in [0.1, 0.15) is 25.0 Å². The highest BCUT2D eigenvalue weighted by Crippen LogP contribution is 2.35. The molecule has 0 aliphatic rings. The summed E-state index contributed by atoms with van der Waals surface area (Å²) in [6, 6.07) is 19.0. The van der Waals surface area contributed by atoms with E-state index in [1.807, 2.05) is 60.7 Å². The standard InChI is InChI=1S/C23H29NO3/c1-4-18-27-23(20-13-9-7-10-14-20,21-15-11-8-12-16-21)22(25)26-19-17-24(5-2)6-3/h4,7-16H,1,5-6,17-19H2,2-3H3. The molecule has 0 N–H and O–H groups in total. The van der Waals surface area contributed by atoms with E-state index in [0.717, 1.165) is 24.2 Å². The molecule has 0 saturated carbocycles. The van der Waals surface area contributed by atoms with Crippen molar-refractivity contribution in [1.82, 2.24) is 4.90 Å². The molecule has 4 heteroatoms. The summed E-state index contributed by atoms with van der Waals surface area (Å²) in [7, 11) is 0. The van der Waals surface area contributed by atoms with Crippen LogP contribution in [-0.2, 0) is 19.9 Å². The minimum atomic E-state index is -1.32. The quantitative estimate of drug-likeness (QED) is 0.444. The summed E-state index contributed by atoms with van der Waals surface area (Å²) in [5, 5.41) is 0. The molecule has 0 unspecified atom stereocenters. The van der Waals surface area contributed by atoms with E-state index in [1.54, 1.807) is 6.08 Å². The van der Waals surface area contributed by atoms with Crippen molar-refractivity contribution >= 4 is 5.97 Å². The Labute approximate surface area is 162 Å². The lowest BCUT2D eigenvalue weighted by molar-refractivity contribution is -0.167. The zero-order valence-electron chi connectivity index (χ0n) is 16.3. The molecule has 27 heavy (non-hydrogen) atoms. The number of hydrogen-bond acceptors (Lipinski definition) is 4.